The highest BCUT2D eigenvalue weighted by Crippen LogP contribution is 1.90. The number of carbonyl (C=O) groups excluding carboxylic acids is 1. The summed E-state index contributed by atoms with van der Waals surface area (Å²) in [7, 11) is 1.58. The van der Waals surface area contributed by atoms with E-state index in [1.165, 1.54) is 0 Å². The number of nitrogens with two attached hydrogens (primary N) is 1. The summed E-state index contributed by atoms with van der Waals surface area (Å²) < 4.78 is 4.82. The molecule has 1 amide bonds. The van der Waals surface area contributed by atoms with E-state index in [1.807, 2.05) is 0 Å². The van der Waals surface area contributed by atoms with Gasteiger partial charge in [0.25, 0.3) is 0 Å². The summed E-state index contributed by atoms with van der Waals surface area (Å²) in [6.07, 6.45) is 7.07. The summed E-state index contributed by atoms with van der Waals surface area (Å²) in [4.78, 5) is 11.3. The average Bonchev–Trinajstić information content (AvgIpc) is 2.20. The Morgan fingerprint density at radius 2 is 2.43 bits per heavy atom. The summed E-state index contributed by atoms with van der Waals surface area (Å²) in [6.45, 7) is 1.09. The van der Waals surface area contributed by atoms with E-state index in [0.29, 0.717) is 26.0 Å². The van der Waals surface area contributed by atoms with Crippen molar-refractivity contribution in [3.63, 3.8) is 0 Å². The highest BCUT2D eigenvalue weighted by molar-refractivity contribution is 5.81. The molecular weight excluding hydrogens is 180 g/mol. The van der Waals surface area contributed by atoms with Gasteiger partial charge in [0.1, 0.15) is 0 Å². The monoisotopic (exact) mass is 198 g/mol. The summed E-state index contributed by atoms with van der Waals surface area (Å²) in [5, 5.41) is 2.71. The lowest BCUT2D eigenvalue weighted by Crippen LogP contribution is -2.41. The van der Waals surface area contributed by atoms with Gasteiger partial charge >= 0.3 is 0 Å². The molecule has 4 nitrogen and oxygen atoms in total. The smallest absolute Gasteiger partial charge is 0.237 e. The maximum Gasteiger partial charge on any atom is 0.237 e. The zero-order chi connectivity index (χ0) is 10.8. The second kappa shape index (κ2) is 8.54. The Hall–Kier alpha value is -1.05. The predicted octanol–water partition coefficient (Wildman–Crippen LogP) is -0.120. The highest BCUT2D eigenvalue weighted by atomic mass is 16.5. The Morgan fingerprint density at radius 1 is 1.71 bits per heavy atom. The number of methoxy groups -OCH3 is 1. The van der Waals surface area contributed by atoms with Gasteiger partial charge in [-0.05, 0) is 12.8 Å². The number of ether oxygens (including phenoxy) is 1. The van der Waals surface area contributed by atoms with Gasteiger partial charge in [0.05, 0.1) is 6.04 Å². The Balaban J connectivity index is 3.47. The molecule has 0 aromatic heterocycles. The van der Waals surface area contributed by atoms with Crippen LogP contribution in [0.2, 0.25) is 0 Å². The van der Waals surface area contributed by atoms with Crippen molar-refractivity contribution in [3.8, 4) is 12.3 Å². The molecule has 0 aliphatic rings. The number of hydrogen-bond acceptors (Lipinski definition) is 3. The van der Waals surface area contributed by atoms with Gasteiger partial charge in [0, 0.05) is 26.7 Å². The van der Waals surface area contributed by atoms with Crippen molar-refractivity contribution in [3.05, 3.63) is 0 Å². The van der Waals surface area contributed by atoms with Crippen LogP contribution in [0.4, 0.5) is 0 Å². The molecule has 0 saturated carbocycles. The maximum absolute atomic E-state index is 11.3. The molecule has 0 fully saturated rings. The molecule has 4 heteroatoms. The Kier molecular flexibility index (Phi) is 7.90. The highest BCUT2D eigenvalue weighted by Gasteiger charge is 2.11. The number of unbranched alkanes of at least 4 members (excludes halogenated alkanes) is 1. The van der Waals surface area contributed by atoms with Gasteiger partial charge in [-0.15, -0.1) is 12.3 Å². The van der Waals surface area contributed by atoms with Gasteiger partial charge < -0.3 is 15.8 Å². The van der Waals surface area contributed by atoms with E-state index >= 15 is 0 Å². The first kappa shape index (κ1) is 12.9. The average molecular weight is 198 g/mol. The van der Waals surface area contributed by atoms with E-state index in [-0.39, 0.29) is 5.91 Å². The van der Waals surface area contributed by atoms with Crippen LogP contribution < -0.4 is 11.1 Å². The van der Waals surface area contributed by atoms with Crippen LogP contribution in [0.5, 0.6) is 0 Å². The van der Waals surface area contributed by atoms with Crippen molar-refractivity contribution in [1.29, 1.82) is 0 Å². The Bertz CT molecular complexity index is 199. The van der Waals surface area contributed by atoms with Gasteiger partial charge in [0.15, 0.2) is 0 Å². The standard InChI is InChI=1S/C10H18N2O2/c1-3-4-5-7-12-10(13)9(11)6-8-14-2/h1,9H,4-8,11H2,2H3,(H,12,13). The van der Waals surface area contributed by atoms with Crippen molar-refractivity contribution in [2.24, 2.45) is 5.73 Å². The lowest BCUT2D eigenvalue weighted by Gasteiger charge is -2.10. The molecule has 0 aromatic rings. The molecule has 0 radical (unpaired) electrons. The fourth-order valence-corrected chi connectivity index (χ4v) is 0.909. The summed E-state index contributed by atoms with van der Waals surface area (Å²) in [5.74, 6) is 2.36. The van der Waals surface area contributed by atoms with Crippen molar-refractivity contribution >= 4 is 5.91 Å². The first-order valence-corrected chi connectivity index (χ1v) is 4.68. The zero-order valence-corrected chi connectivity index (χ0v) is 8.58. The van der Waals surface area contributed by atoms with E-state index in [2.05, 4.69) is 11.2 Å². The maximum atomic E-state index is 11.3. The van der Waals surface area contributed by atoms with Crippen LogP contribution in [0.1, 0.15) is 19.3 Å². The van der Waals surface area contributed by atoms with Crippen LogP contribution in [0.25, 0.3) is 0 Å². The minimum Gasteiger partial charge on any atom is -0.385 e. The van der Waals surface area contributed by atoms with E-state index in [9.17, 15) is 4.79 Å². The SMILES string of the molecule is C#CCCCNC(=O)C(N)CCOC. The number of amides is 1. The van der Waals surface area contributed by atoms with Crippen molar-refractivity contribution in [2.75, 3.05) is 20.3 Å². The van der Waals surface area contributed by atoms with Gasteiger partial charge in [-0.2, -0.15) is 0 Å². The van der Waals surface area contributed by atoms with Crippen LogP contribution in [0.15, 0.2) is 0 Å². The van der Waals surface area contributed by atoms with Crippen molar-refractivity contribution in [2.45, 2.75) is 25.3 Å². The topological polar surface area (TPSA) is 64.4 Å². The first-order chi connectivity index (χ1) is 6.72. The fraction of sp³-hybridized carbons (Fsp3) is 0.700. The molecule has 0 saturated heterocycles. The lowest BCUT2D eigenvalue weighted by atomic mass is 10.2. The lowest BCUT2D eigenvalue weighted by molar-refractivity contribution is -0.122. The molecule has 0 rings (SSSR count). The van der Waals surface area contributed by atoms with E-state index in [0.717, 1.165) is 6.42 Å². The van der Waals surface area contributed by atoms with E-state index in [4.69, 9.17) is 16.9 Å². The van der Waals surface area contributed by atoms with Crippen LogP contribution in [0, 0.1) is 12.3 Å². The van der Waals surface area contributed by atoms with Crippen LogP contribution in [0.3, 0.4) is 0 Å². The van der Waals surface area contributed by atoms with Crippen LogP contribution in [-0.4, -0.2) is 32.2 Å². The van der Waals surface area contributed by atoms with Crippen LogP contribution >= 0.6 is 0 Å². The number of rotatable bonds is 7. The van der Waals surface area contributed by atoms with Crippen LogP contribution in [-0.2, 0) is 9.53 Å². The second-order valence-corrected chi connectivity index (χ2v) is 2.99. The number of hydrogen-bond donors (Lipinski definition) is 2. The second-order valence-electron chi connectivity index (χ2n) is 2.99. The first-order valence-electron chi connectivity index (χ1n) is 4.68. The molecular formula is C10H18N2O2. The molecule has 0 bridgehead atoms. The Labute approximate surface area is 85.2 Å². The summed E-state index contributed by atoms with van der Waals surface area (Å²) in [6, 6.07) is -0.485. The third kappa shape index (κ3) is 6.46. The molecule has 0 heterocycles. The summed E-state index contributed by atoms with van der Waals surface area (Å²) in [5.41, 5.74) is 5.59. The molecule has 1 unspecified atom stereocenters. The van der Waals surface area contributed by atoms with Gasteiger partial charge in [-0.1, -0.05) is 0 Å². The molecule has 0 aliphatic heterocycles. The Morgan fingerprint density at radius 3 is 3.00 bits per heavy atom. The largest absolute Gasteiger partial charge is 0.385 e. The molecule has 80 valence electrons. The third-order valence-electron chi connectivity index (χ3n) is 1.77. The summed E-state index contributed by atoms with van der Waals surface area (Å²) >= 11 is 0. The molecule has 14 heavy (non-hydrogen) atoms. The van der Waals surface area contributed by atoms with Crippen molar-refractivity contribution < 1.29 is 9.53 Å². The molecule has 1 atom stereocenters. The fourth-order valence-electron chi connectivity index (χ4n) is 0.909. The molecule has 0 aliphatic carbocycles. The van der Waals surface area contributed by atoms with E-state index < -0.39 is 6.04 Å². The van der Waals surface area contributed by atoms with Crippen molar-refractivity contribution in [1.82, 2.24) is 5.32 Å². The van der Waals surface area contributed by atoms with Gasteiger partial charge in [-0.25, -0.2) is 0 Å². The van der Waals surface area contributed by atoms with E-state index in [1.54, 1.807) is 7.11 Å². The number of carbonyl (C=O) groups is 1. The van der Waals surface area contributed by atoms with Gasteiger partial charge in [0.2, 0.25) is 5.91 Å². The van der Waals surface area contributed by atoms with Gasteiger partial charge in [-0.3, -0.25) is 4.79 Å². The number of terminal acetylenes is 1. The predicted molar refractivity (Wildman–Crippen MR) is 55.5 cm³/mol. The minimum atomic E-state index is -0.485. The quantitative estimate of drug-likeness (QED) is 0.443. The third-order valence-corrected chi connectivity index (χ3v) is 1.77. The molecule has 0 spiro atoms. The normalized spacial score (nSPS) is 11.8. The molecule has 0 aromatic carbocycles. The zero-order valence-electron chi connectivity index (χ0n) is 8.58. The minimum absolute atomic E-state index is 0.140. The number of nitrogens with one attached hydrogen (secondary N) is 1. The molecule has 3 N–H and O–H groups in total.